The van der Waals surface area contributed by atoms with Gasteiger partial charge in [-0.15, -0.1) is 0 Å². The summed E-state index contributed by atoms with van der Waals surface area (Å²) >= 11 is 0. The molecule has 146 valence electrons. The predicted octanol–water partition coefficient (Wildman–Crippen LogP) is 1.97. The van der Waals surface area contributed by atoms with Gasteiger partial charge in [0.25, 0.3) is 5.91 Å². The normalized spacial score (nSPS) is 16.3. The summed E-state index contributed by atoms with van der Waals surface area (Å²) in [5.41, 5.74) is 2.18. The molecule has 0 saturated carbocycles. The van der Waals surface area contributed by atoms with Crippen molar-refractivity contribution < 1.29 is 19.1 Å². The molecule has 0 unspecified atom stereocenters. The summed E-state index contributed by atoms with van der Waals surface area (Å²) in [6.45, 7) is 2.66. The second-order valence-corrected chi connectivity index (χ2v) is 6.65. The van der Waals surface area contributed by atoms with Crippen LogP contribution in [0.25, 0.3) is 0 Å². The van der Waals surface area contributed by atoms with Crippen molar-refractivity contribution in [2.75, 3.05) is 25.5 Å². The zero-order valence-corrected chi connectivity index (χ0v) is 15.9. The Bertz CT molecular complexity index is 862. The minimum Gasteiger partial charge on any atom is -0.497 e. The molecule has 0 radical (unpaired) electrons. The fraction of sp³-hybridized carbons (Fsp3) is 0.286. The Balaban J connectivity index is 1.72. The van der Waals surface area contributed by atoms with Crippen LogP contribution in [0.4, 0.5) is 5.69 Å². The smallest absolute Gasteiger partial charge is 0.254 e. The fourth-order valence-electron chi connectivity index (χ4n) is 3.08. The van der Waals surface area contributed by atoms with Gasteiger partial charge in [-0.05, 0) is 43.3 Å². The van der Waals surface area contributed by atoms with Crippen molar-refractivity contribution in [2.24, 2.45) is 0 Å². The van der Waals surface area contributed by atoms with E-state index in [1.165, 1.54) is 4.90 Å². The number of hydrogen-bond donors (Lipinski definition) is 2. The number of piperazine rings is 1. The molecule has 1 saturated heterocycles. The molecule has 2 aromatic rings. The number of amides is 3. The molecule has 1 aliphatic heterocycles. The summed E-state index contributed by atoms with van der Waals surface area (Å²) in [6, 6.07) is 13.2. The number of aryl methyl sites for hydroxylation is 1. The van der Waals surface area contributed by atoms with Crippen LogP contribution in [-0.2, 0) is 9.59 Å². The highest BCUT2D eigenvalue weighted by molar-refractivity contribution is 6.01. The Morgan fingerprint density at radius 1 is 1.14 bits per heavy atom. The molecule has 28 heavy (non-hydrogen) atoms. The summed E-state index contributed by atoms with van der Waals surface area (Å²) in [4.78, 5) is 39.2. The van der Waals surface area contributed by atoms with Crippen LogP contribution >= 0.6 is 0 Å². The average molecular weight is 381 g/mol. The van der Waals surface area contributed by atoms with Crippen molar-refractivity contribution in [2.45, 2.75) is 19.4 Å². The molecule has 0 bridgehead atoms. The van der Waals surface area contributed by atoms with Crippen molar-refractivity contribution in [1.82, 2.24) is 10.2 Å². The van der Waals surface area contributed by atoms with Gasteiger partial charge >= 0.3 is 0 Å². The van der Waals surface area contributed by atoms with Crippen LogP contribution in [0.2, 0.25) is 0 Å². The molecule has 1 atom stereocenters. The number of ether oxygens (including phenoxy) is 1. The van der Waals surface area contributed by atoms with E-state index in [1.807, 2.05) is 19.1 Å². The van der Waals surface area contributed by atoms with Crippen molar-refractivity contribution in [3.8, 4) is 5.75 Å². The molecule has 0 aliphatic carbocycles. The Labute approximate surface area is 163 Å². The molecular formula is C21H23N3O4. The third-order valence-corrected chi connectivity index (χ3v) is 4.64. The predicted molar refractivity (Wildman–Crippen MR) is 105 cm³/mol. The van der Waals surface area contributed by atoms with Gasteiger partial charge in [0.2, 0.25) is 11.8 Å². The molecule has 3 amide bonds. The molecule has 1 heterocycles. The molecule has 7 nitrogen and oxygen atoms in total. The third kappa shape index (κ3) is 4.49. The van der Waals surface area contributed by atoms with E-state index < -0.39 is 6.04 Å². The van der Waals surface area contributed by atoms with E-state index in [1.54, 1.807) is 43.5 Å². The van der Waals surface area contributed by atoms with Crippen molar-refractivity contribution in [3.05, 3.63) is 59.7 Å². The van der Waals surface area contributed by atoms with Crippen LogP contribution in [-0.4, -0.2) is 48.9 Å². The summed E-state index contributed by atoms with van der Waals surface area (Å²) < 4.78 is 5.11. The van der Waals surface area contributed by atoms with Gasteiger partial charge in [0.05, 0.1) is 13.5 Å². The first-order valence-corrected chi connectivity index (χ1v) is 9.07. The molecule has 0 spiro atoms. The number of nitrogens with zero attached hydrogens (tertiary/aromatic N) is 1. The highest BCUT2D eigenvalue weighted by Gasteiger charge is 2.35. The summed E-state index contributed by atoms with van der Waals surface area (Å²) in [5, 5.41) is 5.51. The zero-order valence-electron chi connectivity index (χ0n) is 15.9. The molecule has 7 heteroatoms. The van der Waals surface area contributed by atoms with E-state index in [0.717, 1.165) is 5.56 Å². The Hall–Kier alpha value is -3.35. The first-order valence-electron chi connectivity index (χ1n) is 9.07. The Kier molecular flexibility index (Phi) is 5.93. The zero-order chi connectivity index (χ0) is 20.1. The lowest BCUT2D eigenvalue weighted by Crippen LogP contribution is -2.58. The standard InChI is InChI=1S/C21H23N3O4/c1-14-3-7-16(8-4-14)23-19(25)13-18-20(26)22-11-12-24(18)21(27)15-5-9-17(28-2)10-6-15/h3-10,18H,11-13H2,1-2H3,(H,22,26)(H,23,25)/t18-/m0/s1. The van der Waals surface area contributed by atoms with Gasteiger partial charge in [-0.3, -0.25) is 14.4 Å². The highest BCUT2D eigenvalue weighted by Crippen LogP contribution is 2.18. The number of carbonyl (C=O) groups is 3. The third-order valence-electron chi connectivity index (χ3n) is 4.64. The van der Waals surface area contributed by atoms with E-state index in [2.05, 4.69) is 10.6 Å². The van der Waals surface area contributed by atoms with Crippen molar-refractivity contribution >= 4 is 23.4 Å². The fourth-order valence-corrected chi connectivity index (χ4v) is 3.08. The average Bonchev–Trinajstić information content (AvgIpc) is 2.71. The number of carbonyl (C=O) groups excluding carboxylic acids is 3. The number of methoxy groups -OCH3 is 1. The maximum Gasteiger partial charge on any atom is 0.254 e. The maximum absolute atomic E-state index is 12.9. The van der Waals surface area contributed by atoms with Gasteiger partial charge in [-0.2, -0.15) is 0 Å². The van der Waals surface area contributed by atoms with Crippen molar-refractivity contribution in [1.29, 1.82) is 0 Å². The van der Waals surface area contributed by atoms with Crippen LogP contribution in [0.1, 0.15) is 22.3 Å². The highest BCUT2D eigenvalue weighted by atomic mass is 16.5. The second-order valence-electron chi connectivity index (χ2n) is 6.65. The van der Waals surface area contributed by atoms with E-state index in [4.69, 9.17) is 4.74 Å². The van der Waals surface area contributed by atoms with E-state index >= 15 is 0 Å². The van der Waals surface area contributed by atoms with Crippen LogP contribution < -0.4 is 15.4 Å². The van der Waals surface area contributed by atoms with Crippen LogP contribution in [0.5, 0.6) is 5.75 Å². The topological polar surface area (TPSA) is 87.7 Å². The van der Waals surface area contributed by atoms with Crippen molar-refractivity contribution in [3.63, 3.8) is 0 Å². The minimum atomic E-state index is -0.853. The molecular weight excluding hydrogens is 358 g/mol. The lowest BCUT2D eigenvalue weighted by Gasteiger charge is -2.34. The lowest BCUT2D eigenvalue weighted by atomic mass is 10.1. The minimum absolute atomic E-state index is 0.110. The molecule has 3 rings (SSSR count). The summed E-state index contributed by atoms with van der Waals surface area (Å²) in [5.74, 6) is -0.293. The van der Waals surface area contributed by atoms with Gasteiger partial charge in [0, 0.05) is 24.3 Å². The number of hydrogen-bond acceptors (Lipinski definition) is 4. The largest absolute Gasteiger partial charge is 0.497 e. The van der Waals surface area contributed by atoms with Crippen LogP contribution in [0, 0.1) is 6.92 Å². The SMILES string of the molecule is COc1ccc(C(=O)N2CCNC(=O)[C@@H]2CC(=O)Nc2ccc(C)cc2)cc1. The number of benzene rings is 2. The molecule has 1 aliphatic rings. The van der Waals surface area contributed by atoms with E-state index in [9.17, 15) is 14.4 Å². The summed E-state index contributed by atoms with van der Waals surface area (Å²) in [7, 11) is 1.55. The quantitative estimate of drug-likeness (QED) is 0.829. The van der Waals surface area contributed by atoms with Gasteiger partial charge in [0.15, 0.2) is 0 Å². The first kappa shape index (κ1) is 19.4. The maximum atomic E-state index is 12.9. The molecule has 1 fully saturated rings. The van der Waals surface area contributed by atoms with E-state index in [0.29, 0.717) is 30.1 Å². The van der Waals surface area contributed by atoms with Gasteiger partial charge in [-0.1, -0.05) is 17.7 Å². The Morgan fingerprint density at radius 2 is 1.82 bits per heavy atom. The molecule has 2 aromatic carbocycles. The monoisotopic (exact) mass is 381 g/mol. The van der Waals surface area contributed by atoms with Gasteiger partial charge < -0.3 is 20.3 Å². The van der Waals surface area contributed by atoms with Crippen LogP contribution in [0.15, 0.2) is 48.5 Å². The second kappa shape index (κ2) is 8.56. The van der Waals surface area contributed by atoms with Crippen LogP contribution in [0.3, 0.4) is 0 Å². The van der Waals surface area contributed by atoms with Gasteiger partial charge in [-0.25, -0.2) is 0 Å². The number of rotatable bonds is 5. The van der Waals surface area contributed by atoms with E-state index in [-0.39, 0.29) is 24.1 Å². The summed E-state index contributed by atoms with van der Waals surface area (Å²) in [6.07, 6.45) is -0.110. The molecule has 0 aromatic heterocycles. The molecule has 2 N–H and O–H groups in total. The number of nitrogens with one attached hydrogen (secondary N) is 2. The first-order chi connectivity index (χ1) is 13.5. The lowest BCUT2D eigenvalue weighted by molar-refractivity contribution is -0.131. The Morgan fingerprint density at radius 3 is 2.46 bits per heavy atom. The number of anilines is 1. The van der Waals surface area contributed by atoms with Gasteiger partial charge in [0.1, 0.15) is 11.8 Å².